The molecule has 1 saturated heterocycles. The molecule has 4 nitrogen and oxygen atoms in total. The van der Waals surface area contributed by atoms with Crippen LogP contribution < -0.4 is 5.32 Å². The summed E-state index contributed by atoms with van der Waals surface area (Å²) in [5.41, 5.74) is 4.44. The molecule has 1 heterocycles. The van der Waals surface area contributed by atoms with E-state index in [-0.39, 0.29) is 17.6 Å². The standard InChI is InChI=1S/C35H27NO3/c1-21-13-17-23(18-14-21)27-28(24-19-15-22(2)16-20-24)35(26-11-7-4-8-12-26)30-29(31(37)36-32(30)38)34(27,33(35)39)25-9-5-3-6-10-25/h3-20,29-30H,1-2H3,(H,36,37,38)/t29-,30+,34-,35-/m1/s1. The molecule has 39 heavy (non-hydrogen) atoms. The number of nitrogens with one attached hydrogen (secondary N) is 1. The van der Waals surface area contributed by atoms with E-state index in [9.17, 15) is 9.59 Å². The van der Waals surface area contributed by atoms with Crippen LogP contribution in [0.4, 0.5) is 0 Å². The second-order valence-electron chi connectivity index (χ2n) is 11.0. The minimum atomic E-state index is -1.33. The molecular weight excluding hydrogens is 482 g/mol. The quantitative estimate of drug-likeness (QED) is 0.366. The van der Waals surface area contributed by atoms with Crippen molar-refractivity contribution in [2.75, 3.05) is 0 Å². The van der Waals surface area contributed by atoms with E-state index >= 15 is 4.79 Å². The summed E-state index contributed by atoms with van der Waals surface area (Å²) in [5, 5.41) is 2.63. The first-order valence-corrected chi connectivity index (χ1v) is 13.3. The van der Waals surface area contributed by atoms with E-state index in [4.69, 9.17) is 0 Å². The molecule has 2 bridgehead atoms. The summed E-state index contributed by atoms with van der Waals surface area (Å²) in [6, 6.07) is 35.5. The van der Waals surface area contributed by atoms with Crippen LogP contribution in [-0.4, -0.2) is 17.6 Å². The predicted octanol–water partition coefficient (Wildman–Crippen LogP) is 5.58. The molecule has 2 fully saturated rings. The highest BCUT2D eigenvalue weighted by molar-refractivity contribution is 6.35. The zero-order chi connectivity index (χ0) is 26.9. The molecule has 0 unspecified atom stereocenters. The third-order valence-corrected chi connectivity index (χ3v) is 8.97. The van der Waals surface area contributed by atoms with Gasteiger partial charge in [-0.25, -0.2) is 0 Å². The van der Waals surface area contributed by atoms with E-state index in [2.05, 4.69) is 5.32 Å². The van der Waals surface area contributed by atoms with Crippen LogP contribution in [0.15, 0.2) is 109 Å². The van der Waals surface area contributed by atoms with E-state index in [0.29, 0.717) is 0 Å². The van der Waals surface area contributed by atoms with Crippen LogP contribution in [0.25, 0.3) is 11.1 Å². The smallest absolute Gasteiger partial charge is 0.232 e. The van der Waals surface area contributed by atoms with Crippen molar-refractivity contribution < 1.29 is 14.4 Å². The Bertz CT molecular complexity index is 1560. The monoisotopic (exact) mass is 509 g/mol. The average Bonchev–Trinajstić information content (AvgIpc) is 3.49. The minimum Gasteiger partial charge on any atom is -0.297 e. The van der Waals surface area contributed by atoms with Crippen LogP contribution in [0, 0.1) is 25.7 Å². The number of amides is 2. The molecule has 1 aliphatic heterocycles. The van der Waals surface area contributed by atoms with Crippen molar-refractivity contribution in [3.63, 3.8) is 0 Å². The molecule has 2 amide bonds. The number of Topliss-reactive ketones (excluding diaryl/α,β-unsaturated/α-hetero) is 1. The maximum Gasteiger partial charge on any atom is 0.232 e. The second kappa shape index (κ2) is 8.21. The number of rotatable bonds is 4. The molecule has 4 aromatic carbocycles. The third kappa shape index (κ3) is 2.86. The van der Waals surface area contributed by atoms with Gasteiger partial charge in [-0.15, -0.1) is 0 Å². The van der Waals surface area contributed by atoms with Crippen molar-refractivity contribution in [1.29, 1.82) is 0 Å². The Labute approximate surface area is 227 Å². The van der Waals surface area contributed by atoms with Crippen LogP contribution >= 0.6 is 0 Å². The molecule has 4 aromatic rings. The molecular formula is C35H27NO3. The van der Waals surface area contributed by atoms with Gasteiger partial charge in [0.15, 0.2) is 5.78 Å². The van der Waals surface area contributed by atoms with Gasteiger partial charge in [-0.05, 0) is 47.2 Å². The number of fused-ring (bicyclic) bond motifs is 5. The summed E-state index contributed by atoms with van der Waals surface area (Å²) in [6.07, 6.45) is 0. The fraction of sp³-hybridized carbons (Fsp3) is 0.171. The van der Waals surface area contributed by atoms with Gasteiger partial charge >= 0.3 is 0 Å². The number of allylic oxidation sites excluding steroid dienone is 2. The van der Waals surface area contributed by atoms with Crippen LogP contribution in [0.1, 0.15) is 33.4 Å². The highest BCUT2D eigenvalue weighted by atomic mass is 16.2. The maximum atomic E-state index is 15.4. The first-order valence-electron chi connectivity index (χ1n) is 13.3. The second-order valence-corrected chi connectivity index (χ2v) is 11.0. The normalized spacial score (nSPS) is 27.2. The molecule has 190 valence electrons. The van der Waals surface area contributed by atoms with Gasteiger partial charge in [0.25, 0.3) is 0 Å². The summed E-state index contributed by atoms with van der Waals surface area (Å²) in [5.74, 6) is -2.58. The lowest BCUT2D eigenvalue weighted by atomic mass is 9.59. The number of carbonyl (C=O) groups is 3. The summed E-state index contributed by atoms with van der Waals surface area (Å²) in [4.78, 5) is 43.0. The van der Waals surface area contributed by atoms with E-state index in [0.717, 1.165) is 44.5 Å². The fourth-order valence-electron chi connectivity index (χ4n) is 7.50. The number of ketones is 1. The first kappa shape index (κ1) is 23.5. The number of hydrogen-bond acceptors (Lipinski definition) is 3. The lowest BCUT2D eigenvalue weighted by Crippen LogP contribution is -2.44. The van der Waals surface area contributed by atoms with Gasteiger partial charge in [-0.2, -0.15) is 0 Å². The summed E-state index contributed by atoms with van der Waals surface area (Å²) in [7, 11) is 0. The Morgan fingerprint density at radius 1 is 0.513 bits per heavy atom. The van der Waals surface area contributed by atoms with Crippen molar-refractivity contribution in [3.05, 3.63) is 143 Å². The van der Waals surface area contributed by atoms with E-state index in [1.54, 1.807) is 0 Å². The highest BCUT2D eigenvalue weighted by Crippen LogP contribution is 2.73. The van der Waals surface area contributed by atoms with E-state index in [1.165, 1.54) is 0 Å². The molecule has 3 aliphatic rings. The van der Waals surface area contributed by atoms with Crippen LogP contribution in [0.3, 0.4) is 0 Å². The molecule has 4 atom stereocenters. The Balaban J connectivity index is 1.72. The number of carbonyl (C=O) groups excluding carboxylic acids is 3. The van der Waals surface area contributed by atoms with Gasteiger partial charge in [0.05, 0.1) is 22.7 Å². The van der Waals surface area contributed by atoms with Crippen molar-refractivity contribution in [2.45, 2.75) is 24.7 Å². The summed E-state index contributed by atoms with van der Waals surface area (Å²) in [6.45, 7) is 4.06. The molecule has 1 saturated carbocycles. The summed E-state index contributed by atoms with van der Waals surface area (Å²) >= 11 is 0. The molecule has 0 spiro atoms. The maximum absolute atomic E-state index is 15.4. The van der Waals surface area contributed by atoms with Crippen LogP contribution in [0.2, 0.25) is 0 Å². The van der Waals surface area contributed by atoms with E-state index < -0.39 is 22.7 Å². The number of benzene rings is 4. The SMILES string of the molecule is Cc1ccc(C2=C(c3ccc(C)cc3)[C@@]3(c4ccccc4)C(=O)[C@@]2(c2ccccc2)[C@@H]2C(=O)NC(=O)[C@@H]23)cc1. The number of aryl methyl sites for hydroxylation is 2. The van der Waals surface area contributed by atoms with Crippen molar-refractivity contribution in [3.8, 4) is 0 Å². The highest BCUT2D eigenvalue weighted by Gasteiger charge is 2.81. The van der Waals surface area contributed by atoms with Gasteiger partial charge in [-0.1, -0.05) is 120 Å². The lowest BCUT2D eigenvalue weighted by molar-refractivity contribution is -0.132. The summed E-state index contributed by atoms with van der Waals surface area (Å²) < 4.78 is 0. The van der Waals surface area contributed by atoms with Gasteiger partial charge < -0.3 is 0 Å². The van der Waals surface area contributed by atoms with Crippen LogP contribution in [0.5, 0.6) is 0 Å². The van der Waals surface area contributed by atoms with Crippen molar-refractivity contribution >= 4 is 28.7 Å². The zero-order valence-corrected chi connectivity index (χ0v) is 21.8. The minimum absolute atomic E-state index is 0.100. The Hall–Kier alpha value is -4.57. The molecule has 7 rings (SSSR count). The largest absolute Gasteiger partial charge is 0.297 e. The van der Waals surface area contributed by atoms with Gasteiger partial charge in [0, 0.05) is 0 Å². The number of imide groups is 1. The molecule has 1 N–H and O–H groups in total. The van der Waals surface area contributed by atoms with Gasteiger partial charge in [0.2, 0.25) is 11.8 Å². The number of hydrogen-bond donors (Lipinski definition) is 1. The fourth-order valence-corrected chi connectivity index (χ4v) is 7.50. The molecule has 0 aromatic heterocycles. The molecule has 0 radical (unpaired) electrons. The van der Waals surface area contributed by atoms with E-state index in [1.807, 2.05) is 123 Å². The van der Waals surface area contributed by atoms with Crippen molar-refractivity contribution in [1.82, 2.24) is 5.32 Å². The topological polar surface area (TPSA) is 63.2 Å². The lowest BCUT2D eigenvalue weighted by Gasteiger charge is -2.39. The third-order valence-electron chi connectivity index (χ3n) is 8.97. The van der Waals surface area contributed by atoms with Gasteiger partial charge in [-0.3, -0.25) is 19.7 Å². The molecule has 2 aliphatic carbocycles. The Kier molecular flexibility index (Phi) is 4.96. The van der Waals surface area contributed by atoms with Crippen molar-refractivity contribution in [2.24, 2.45) is 11.8 Å². The Morgan fingerprint density at radius 2 is 0.872 bits per heavy atom. The van der Waals surface area contributed by atoms with Gasteiger partial charge in [0.1, 0.15) is 0 Å². The van der Waals surface area contributed by atoms with Crippen LogP contribution in [-0.2, 0) is 25.2 Å². The molecule has 4 heteroatoms. The Morgan fingerprint density at radius 3 is 1.23 bits per heavy atom. The zero-order valence-electron chi connectivity index (χ0n) is 21.8. The average molecular weight is 510 g/mol. The first-order chi connectivity index (χ1) is 18.9. The predicted molar refractivity (Wildman–Crippen MR) is 151 cm³/mol.